The van der Waals surface area contributed by atoms with E-state index in [1.165, 1.54) is 27.7 Å². The van der Waals surface area contributed by atoms with Crippen molar-refractivity contribution in [1.82, 2.24) is 0 Å². The van der Waals surface area contributed by atoms with E-state index in [-0.39, 0.29) is 0 Å². The fraction of sp³-hybridized carbons (Fsp3) is 0.200. The van der Waals surface area contributed by atoms with Gasteiger partial charge in [-0.1, -0.05) is 52.3 Å². The first kappa shape index (κ1) is 10.8. The molecule has 0 N–H and O–H groups in total. The van der Waals surface area contributed by atoms with Gasteiger partial charge in [-0.05, 0) is 29.7 Å². The number of nitrogens with zero attached hydrogens (tertiary/aromatic N) is 1. The van der Waals surface area contributed by atoms with E-state index in [2.05, 4.69) is 69.4 Å². The first-order chi connectivity index (χ1) is 8.34. The molecule has 0 atom stereocenters. The minimum absolute atomic E-state index is 0.985. The molecule has 1 heterocycles. The second-order valence-electron chi connectivity index (χ2n) is 4.39. The second-order valence-corrected chi connectivity index (χ2v) is 5.25. The number of rotatable bonds is 2. The Morgan fingerprint density at radius 2 is 1.76 bits per heavy atom. The molecular formula is C15H14BrN. The van der Waals surface area contributed by atoms with Crippen LogP contribution in [0.2, 0.25) is 0 Å². The van der Waals surface area contributed by atoms with Gasteiger partial charge in [0.15, 0.2) is 0 Å². The fourth-order valence-corrected chi connectivity index (χ4v) is 2.81. The maximum Gasteiger partial charge on any atom is 0.0440 e. The molecule has 86 valence electrons. The topological polar surface area (TPSA) is 3.24 Å². The number of anilines is 1. The van der Waals surface area contributed by atoms with Gasteiger partial charge < -0.3 is 4.90 Å². The van der Waals surface area contributed by atoms with Crippen molar-refractivity contribution in [2.45, 2.75) is 13.0 Å². The van der Waals surface area contributed by atoms with Crippen LogP contribution in [-0.4, -0.2) is 6.54 Å². The van der Waals surface area contributed by atoms with Gasteiger partial charge in [0.2, 0.25) is 0 Å². The van der Waals surface area contributed by atoms with Crippen molar-refractivity contribution in [2.24, 2.45) is 0 Å². The third kappa shape index (κ3) is 2.09. The van der Waals surface area contributed by atoms with Crippen LogP contribution in [0.4, 0.5) is 5.69 Å². The normalized spacial score (nSPS) is 13.8. The van der Waals surface area contributed by atoms with Crippen LogP contribution in [0.25, 0.3) is 0 Å². The third-order valence-corrected chi connectivity index (χ3v) is 4.08. The van der Waals surface area contributed by atoms with E-state index in [9.17, 15) is 0 Å². The van der Waals surface area contributed by atoms with Crippen LogP contribution < -0.4 is 4.90 Å². The van der Waals surface area contributed by atoms with Gasteiger partial charge in [0.1, 0.15) is 0 Å². The van der Waals surface area contributed by atoms with E-state index in [1.54, 1.807) is 0 Å². The molecule has 3 rings (SSSR count). The molecule has 1 aliphatic rings. The molecule has 0 bridgehead atoms. The number of hydrogen-bond acceptors (Lipinski definition) is 1. The summed E-state index contributed by atoms with van der Waals surface area (Å²) in [5.41, 5.74) is 4.21. The van der Waals surface area contributed by atoms with Crippen LogP contribution >= 0.6 is 15.9 Å². The van der Waals surface area contributed by atoms with Gasteiger partial charge >= 0.3 is 0 Å². The third-order valence-electron chi connectivity index (χ3n) is 3.30. The quantitative estimate of drug-likeness (QED) is 0.807. The molecule has 1 nitrogen and oxygen atoms in total. The first-order valence-corrected chi connectivity index (χ1v) is 6.70. The lowest BCUT2D eigenvalue weighted by Crippen LogP contribution is -2.19. The monoisotopic (exact) mass is 287 g/mol. The molecule has 17 heavy (non-hydrogen) atoms. The van der Waals surface area contributed by atoms with Crippen LogP contribution in [0.3, 0.4) is 0 Å². The van der Waals surface area contributed by atoms with Crippen LogP contribution in [0.15, 0.2) is 53.0 Å². The van der Waals surface area contributed by atoms with Crippen molar-refractivity contribution >= 4 is 21.6 Å². The minimum atomic E-state index is 0.985. The first-order valence-electron chi connectivity index (χ1n) is 5.91. The number of para-hydroxylation sites is 1. The lowest BCUT2D eigenvalue weighted by atomic mass is 10.1. The summed E-state index contributed by atoms with van der Waals surface area (Å²) in [7, 11) is 0. The summed E-state index contributed by atoms with van der Waals surface area (Å²) in [5, 5.41) is 0. The summed E-state index contributed by atoms with van der Waals surface area (Å²) in [5.74, 6) is 0. The van der Waals surface area contributed by atoms with Crippen LogP contribution in [0, 0.1) is 0 Å². The average molecular weight is 288 g/mol. The Morgan fingerprint density at radius 1 is 1.00 bits per heavy atom. The highest BCUT2D eigenvalue weighted by Gasteiger charge is 2.18. The molecule has 0 amide bonds. The van der Waals surface area contributed by atoms with E-state index in [4.69, 9.17) is 0 Å². The highest BCUT2D eigenvalue weighted by Crippen LogP contribution is 2.30. The molecule has 0 saturated carbocycles. The minimum Gasteiger partial charge on any atom is -0.367 e. The summed E-state index contributed by atoms with van der Waals surface area (Å²) in [6.07, 6.45) is 1.17. The Hall–Kier alpha value is -1.28. The van der Waals surface area contributed by atoms with Gasteiger partial charge in [0.05, 0.1) is 0 Å². The lowest BCUT2D eigenvalue weighted by molar-refractivity contribution is 0.833. The summed E-state index contributed by atoms with van der Waals surface area (Å²) in [6.45, 7) is 2.11. The van der Waals surface area contributed by atoms with Crippen molar-refractivity contribution < 1.29 is 0 Å². The Morgan fingerprint density at radius 3 is 2.65 bits per heavy atom. The molecule has 2 aromatic rings. The van der Waals surface area contributed by atoms with E-state index in [1.807, 2.05) is 0 Å². The maximum absolute atomic E-state index is 3.62. The smallest absolute Gasteiger partial charge is 0.0440 e. The molecule has 0 aromatic heterocycles. The number of halogens is 1. The number of hydrogen-bond donors (Lipinski definition) is 0. The Kier molecular flexibility index (Phi) is 2.89. The van der Waals surface area contributed by atoms with Crippen LogP contribution in [-0.2, 0) is 13.0 Å². The molecule has 0 unspecified atom stereocenters. The SMILES string of the molecule is Brc1ccccc1CN1CCc2ccccc21. The molecule has 2 heteroatoms. The predicted octanol–water partition coefficient (Wildman–Crippen LogP) is 4.01. The fourth-order valence-electron chi connectivity index (χ4n) is 2.40. The number of benzene rings is 2. The van der Waals surface area contributed by atoms with Crippen molar-refractivity contribution in [2.75, 3.05) is 11.4 Å². The molecule has 0 spiro atoms. The van der Waals surface area contributed by atoms with Crippen molar-refractivity contribution in [1.29, 1.82) is 0 Å². The zero-order valence-corrected chi connectivity index (χ0v) is 11.2. The zero-order valence-electron chi connectivity index (χ0n) is 9.57. The average Bonchev–Trinajstić information content (AvgIpc) is 2.76. The van der Waals surface area contributed by atoms with E-state index >= 15 is 0 Å². The zero-order chi connectivity index (χ0) is 11.7. The summed E-state index contributed by atoms with van der Waals surface area (Å²) in [6, 6.07) is 17.2. The summed E-state index contributed by atoms with van der Waals surface area (Å²) in [4.78, 5) is 2.45. The molecule has 0 aliphatic carbocycles. The standard InChI is InChI=1S/C15H14BrN/c16-14-7-3-1-6-13(14)11-17-10-9-12-5-2-4-8-15(12)17/h1-8H,9-11H2. The second kappa shape index (κ2) is 4.53. The molecule has 1 aliphatic heterocycles. The van der Waals surface area contributed by atoms with Crippen molar-refractivity contribution in [3.05, 3.63) is 64.1 Å². The van der Waals surface area contributed by atoms with E-state index < -0.39 is 0 Å². The Balaban J connectivity index is 1.87. The van der Waals surface area contributed by atoms with Gasteiger partial charge in [-0.2, -0.15) is 0 Å². The highest BCUT2D eigenvalue weighted by molar-refractivity contribution is 9.10. The molecule has 0 fully saturated rings. The van der Waals surface area contributed by atoms with Gasteiger partial charge in [-0.15, -0.1) is 0 Å². The maximum atomic E-state index is 3.62. The number of fused-ring (bicyclic) bond motifs is 1. The highest BCUT2D eigenvalue weighted by atomic mass is 79.9. The lowest BCUT2D eigenvalue weighted by Gasteiger charge is -2.20. The largest absolute Gasteiger partial charge is 0.367 e. The summed E-state index contributed by atoms with van der Waals surface area (Å²) >= 11 is 3.62. The van der Waals surface area contributed by atoms with E-state index in [0.29, 0.717) is 0 Å². The van der Waals surface area contributed by atoms with Crippen molar-refractivity contribution in [3.63, 3.8) is 0 Å². The van der Waals surface area contributed by atoms with E-state index in [0.717, 1.165) is 13.1 Å². The predicted molar refractivity (Wildman–Crippen MR) is 75.3 cm³/mol. The summed E-state index contributed by atoms with van der Waals surface area (Å²) < 4.78 is 1.20. The Bertz CT molecular complexity index is 536. The van der Waals surface area contributed by atoms with Gasteiger partial charge in [-0.3, -0.25) is 0 Å². The van der Waals surface area contributed by atoms with Crippen molar-refractivity contribution in [3.8, 4) is 0 Å². The Labute approximate surface area is 110 Å². The van der Waals surface area contributed by atoms with Crippen LogP contribution in [0.1, 0.15) is 11.1 Å². The molecular weight excluding hydrogens is 274 g/mol. The molecule has 2 aromatic carbocycles. The van der Waals surface area contributed by atoms with Gasteiger partial charge in [-0.25, -0.2) is 0 Å². The van der Waals surface area contributed by atoms with Crippen LogP contribution in [0.5, 0.6) is 0 Å². The van der Waals surface area contributed by atoms with Gasteiger partial charge in [0, 0.05) is 23.2 Å². The molecule has 0 radical (unpaired) electrons. The molecule has 0 saturated heterocycles. The van der Waals surface area contributed by atoms with Gasteiger partial charge in [0.25, 0.3) is 0 Å².